The van der Waals surface area contributed by atoms with Gasteiger partial charge in [0.05, 0.1) is 30.9 Å². The summed E-state index contributed by atoms with van der Waals surface area (Å²) in [6, 6.07) is 27.5. The number of carbonyl (C=O) groups is 5. The molecule has 0 saturated heterocycles. The van der Waals surface area contributed by atoms with E-state index < -0.39 is 41.7 Å². The fraction of sp³-hybridized carbons (Fsp3) is 0.237. The van der Waals surface area contributed by atoms with Crippen molar-refractivity contribution < 1.29 is 38.2 Å². The Kier molecular flexibility index (Phi) is 12.5. The van der Waals surface area contributed by atoms with Crippen LogP contribution >= 0.6 is 15.9 Å². The summed E-state index contributed by atoms with van der Waals surface area (Å²) in [5, 5.41) is 2.86. The van der Waals surface area contributed by atoms with Gasteiger partial charge in [0.2, 0.25) is 5.41 Å². The minimum Gasteiger partial charge on any atom is -0.465 e. The Bertz CT molecular complexity index is 1810. The van der Waals surface area contributed by atoms with E-state index in [-0.39, 0.29) is 36.4 Å². The Balaban J connectivity index is 1.60. The van der Waals surface area contributed by atoms with Crippen molar-refractivity contribution >= 4 is 51.3 Å². The molecule has 0 spiro atoms. The van der Waals surface area contributed by atoms with E-state index in [2.05, 4.69) is 21.2 Å². The highest BCUT2D eigenvalue weighted by Gasteiger charge is 2.52. The number of esters is 3. The van der Waals surface area contributed by atoms with Crippen LogP contribution in [0.2, 0.25) is 0 Å². The zero-order valence-electron chi connectivity index (χ0n) is 27.7. The van der Waals surface area contributed by atoms with Gasteiger partial charge in [0.1, 0.15) is 6.61 Å². The molecule has 0 unspecified atom stereocenters. The minimum absolute atomic E-state index is 0.0117. The van der Waals surface area contributed by atoms with Crippen molar-refractivity contribution in [3.05, 3.63) is 124 Å². The predicted octanol–water partition coefficient (Wildman–Crippen LogP) is 6.22. The molecule has 0 aromatic heterocycles. The number of rotatable bonds is 13. The maximum Gasteiger partial charge on any atom is 0.331 e. The summed E-state index contributed by atoms with van der Waals surface area (Å²) < 4.78 is 17.0. The number of nitrogens with zero attached hydrogens (tertiary/aromatic N) is 1. The third-order valence-corrected chi connectivity index (χ3v) is 8.14. The highest BCUT2D eigenvalue weighted by Crippen LogP contribution is 2.30. The molecule has 10 nitrogen and oxygen atoms in total. The number of amides is 2. The Labute approximate surface area is 293 Å². The zero-order valence-corrected chi connectivity index (χ0v) is 29.2. The summed E-state index contributed by atoms with van der Waals surface area (Å²) in [5.41, 5.74) is 0.974. The van der Waals surface area contributed by atoms with Crippen molar-refractivity contribution in [2.45, 2.75) is 25.7 Å². The molecule has 0 atom stereocenters. The monoisotopic (exact) mass is 728 g/mol. The predicted molar refractivity (Wildman–Crippen MR) is 188 cm³/mol. The van der Waals surface area contributed by atoms with Gasteiger partial charge in [-0.2, -0.15) is 0 Å². The van der Waals surface area contributed by atoms with Gasteiger partial charge in [-0.3, -0.25) is 24.0 Å². The molecule has 1 N–H and O–H groups in total. The first-order valence-corrected chi connectivity index (χ1v) is 16.4. The maximum absolute atomic E-state index is 13.6. The molecule has 4 aromatic carbocycles. The average molecular weight is 730 g/mol. The van der Waals surface area contributed by atoms with Crippen molar-refractivity contribution in [3.63, 3.8) is 0 Å². The van der Waals surface area contributed by atoms with Crippen LogP contribution in [0.15, 0.2) is 102 Å². The van der Waals surface area contributed by atoms with Crippen molar-refractivity contribution in [1.82, 2.24) is 4.90 Å². The molecule has 0 aliphatic carbocycles. The molecule has 0 saturated carbocycles. The normalized spacial score (nSPS) is 10.9. The minimum atomic E-state index is -2.05. The molecule has 11 heteroatoms. The van der Waals surface area contributed by atoms with Gasteiger partial charge >= 0.3 is 17.9 Å². The molecule has 0 heterocycles. The van der Waals surface area contributed by atoms with Gasteiger partial charge < -0.3 is 24.4 Å². The molecule has 254 valence electrons. The van der Waals surface area contributed by atoms with E-state index in [0.29, 0.717) is 16.7 Å². The van der Waals surface area contributed by atoms with E-state index in [4.69, 9.17) is 14.2 Å². The summed E-state index contributed by atoms with van der Waals surface area (Å²) in [4.78, 5) is 68.0. The number of benzene rings is 4. The van der Waals surface area contributed by atoms with E-state index in [0.717, 1.165) is 10.0 Å². The van der Waals surface area contributed by atoms with Gasteiger partial charge in [-0.05, 0) is 66.4 Å². The molecular formula is C38H37BrN2O8. The van der Waals surface area contributed by atoms with Gasteiger partial charge in [-0.15, -0.1) is 0 Å². The fourth-order valence-corrected chi connectivity index (χ4v) is 5.40. The average Bonchev–Trinajstić information content (AvgIpc) is 3.10. The number of nitrogens with one attached hydrogen (secondary N) is 1. The number of anilines is 1. The molecule has 0 aliphatic rings. The lowest BCUT2D eigenvalue weighted by molar-refractivity contribution is -0.170. The highest BCUT2D eigenvalue weighted by atomic mass is 79.9. The third kappa shape index (κ3) is 8.60. The molecule has 0 fully saturated rings. The van der Waals surface area contributed by atoms with E-state index in [9.17, 15) is 24.0 Å². The lowest BCUT2D eigenvalue weighted by Gasteiger charge is -2.29. The standard InChI is InChI=1S/C38H37BrN2O8/c1-5-47-36(45)38(37(46)48-6-2,27-12-8-7-9-13-27)24-49-33(42)23-25-16-21-32(31(22-25)35(44)41(3)4)40-34(43)30-15-11-10-14-29(30)26-17-19-28(39)20-18-26/h7-22H,5-6,23-24H2,1-4H3,(H,40,43). The largest absolute Gasteiger partial charge is 0.465 e. The molecule has 0 bridgehead atoms. The molecular weight excluding hydrogens is 692 g/mol. The zero-order chi connectivity index (χ0) is 35.6. The number of hydrogen-bond donors (Lipinski definition) is 1. The molecule has 4 rings (SSSR count). The summed E-state index contributed by atoms with van der Waals surface area (Å²) >= 11 is 3.43. The Morgan fingerprint density at radius 2 is 1.35 bits per heavy atom. The SMILES string of the molecule is CCOC(=O)C(COC(=O)Cc1ccc(NC(=O)c2ccccc2-c2ccc(Br)cc2)c(C(=O)N(C)C)c1)(C(=O)OCC)c1ccccc1. The van der Waals surface area contributed by atoms with Gasteiger partial charge in [0.25, 0.3) is 11.8 Å². The van der Waals surface area contributed by atoms with Crippen molar-refractivity contribution in [3.8, 4) is 11.1 Å². The van der Waals surface area contributed by atoms with Gasteiger partial charge in [-0.25, -0.2) is 0 Å². The second-order valence-electron chi connectivity index (χ2n) is 11.1. The van der Waals surface area contributed by atoms with E-state index in [1.54, 1.807) is 82.5 Å². The maximum atomic E-state index is 13.6. The molecule has 0 radical (unpaired) electrons. The first-order chi connectivity index (χ1) is 23.5. The molecule has 4 aromatic rings. The van der Waals surface area contributed by atoms with Gasteiger partial charge in [-0.1, -0.05) is 82.7 Å². The second kappa shape index (κ2) is 16.7. The summed E-state index contributed by atoms with van der Waals surface area (Å²) in [6.45, 7) is 2.52. The van der Waals surface area contributed by atoms with Crippen LogP contribution in [0.3, 0.4) is 0 Å². The first kappa shape index (κ1) is 36.5. The fourth-order valence-electron chi connectivity index (χ4n) is 5.14. The lowest BCUT2D eigenvalue weighted by atomic mass is 9.81. The van der Waals surface area contributed by atoms with Crippen LogP contribution in [0.5, 0.6) is 0 Å². The van der Waals surface area contributed by atoms with Crippen LogP contribution in [0.25, 0.3) is 11.1 Å². The van der Waals surface area contributed by atoms with Crippen molar-refractivity contribution in [1.29, 1.82) is 0 Å². The Hall–Kier alpha value is -5.29. The number of hydrogen-bond acceptors (Lipinski definition) is 8. The first-order valence-electron chi connectivity index (χ1n) is 15.6. The van der Waals surface area contributed by atoms with Crippen LogP contribution in [0.4, 0.5) is 5.69 Å². The highest BCUT2D eigenvalue weighted by molar-refractivity contribution is 9.10. The molecule has 0 aliphatic heterocycles. The van der Waals surface area contributed by atoms with Crippen molar-refractivity contribution in [2.24, 2.45) is 0 Å². The van der Waals surface area contributed by atoms with Crippen LogP contribution in [0.1, 0.15) is 45.7 Å². The Morgan fingerprint density at radius 1 is 0.735 bits per heavy atom. The lowest BCUT2D eigenvalue weighted by Crippen LogP contribution is -2.50. The smallest absolute Gasteiger partial charge is 0.331 e. The van der Waals surface area contributed by atoms with Gasteiger partial charge in [0.15, 0.2) is 0 Å². The second-order valence-corrected chi connectivity index (χ2v) is 12.1. The van der Waals surface area contributed by atoms with Gasteiger partial charge in [0, 0.05) is 24.1 Å². The van der Waals surface area contributed by atoms with Crippen LogP contribution < -0.4 is 5.32 Å². The number of ether oxygens (including phenoxy) is 3. The van der Waals surface area contributed by atoms with Crippen LogP contribution in [-0.4, -0.2) is 68.5 Å². The Morgan fingerprint density at radius 3 is 1.96 bits per heavy atom. The number of carbonyl (C=O) groups excluding carboxylic acids is 5. The quantitative estimate of drug-likeness (QED) is 0.0977. The van der Waals surface area contributed by atoms with E-state index in [1.165, 1.54) is 11.0 Å². The van der Waals surface area contributed by atoms with Crippen molar-refractivity contribution in [2.75, 3.05) is 39.2 Å². The van der Waals surface area contributed by atoms with Crippen LogP contribution in [0, 0.1) is 0 Å². The third-order valence-electron chi connectivity index (χ3n) is 7.61. The molecule has 2 amide bonds. The topological polar surface area (TPSA) is 128 Å². The summed E-state index contributed by atoms with van der Waals surface area (Å²) in [6.07, 6.45) is -0.301. The van der Waals surface area contributed by atoms with Crippen LogP contribution in [-0.2, 0) is 40.4 Å². The van der Waals surface area contributed by atoms with E-state index in [1.807, 2.05) is 36.4 Å². The summed E-state index contributed by atoms with van der Waals surface area (Å²) in [7, 11) is 3.15. The number of halogens is 1. The molecule has 49 heavy (non-hydrogen) atoms. The summed E-state index contributed by atoms with van der Waals surface area (Å²) in [5.74, 6) is -3.41. The van der Waals surface area contributed by atoms with E-state index >= 15 is 0 Å².